The molecule has 94 valence electrons. The van der Waals surface area contributed by atoms with Crippen molar-refractivity contribution in [3.8, 4) is 0 Å². The third-order valence-corrected chi connectivity index (χ3v) is 4.49. The second-order valence-corrected chi connectivity index (χ2v) is 5.92. The van der Waals surface area contributed by atoms with Crippen LogP contribution in [0.25, 0.3) is 0 Å². The highest BCUT2D eigenvalue weighted by Crippen LogP contribution is 2.39. The predicted octanol–water partition coefficient (Wildman–Crippen LogP) is 2.70. The molecule has 2 aliphatic carbocycles. The molecule has 4 nitrogen and oxygen atoms in total. The Kier molecular flexibility index (Phi) is 2.69. The molecule has 2 fully saturated rings. The van der Waals surface area contributed by atoms with Crippen LogP contribution in [0.4, 0.5) is 0 Å². The summed E-state index contributed by atoms with van der Waals surface area (Å²) in [5.74, 6) is 2.90. The van der Waals surface area contributed by atoms with E-state index in [4.69, 9.17) is 10.3 Å². The third kappa shape index (κ3) is 1.99. The zero-order valence-electron chi connectivity index (χ0n) is 10.5. The fourth-order valence-corrected chi connectivity index (χ4v) is 2.89. The normalized spacial score (nSPS) is 32.1. The summed E-state index contributed by atoms with van der Waals surface area (Å²) < 4.78 is 5.37. The molecule has 0 aliphatic heterocycles. The van der Waals surface area contributed by atoms with Gasteiger partial charge in [-0.25, -0.2) is 0 Å². The Bertz CT molecular complexity index is 389. The van der Waals surface area contributed by atoms with Gasteiger partial charge in [0.15, 0.2) is 5.82 Å². The lowest BCUT2D eigenvalue weighted by Gasteiger charge is -2.33. The molecule has 0 aromatic carbocycles. The molecule has 1 heterocycles. The molecule has 0 saturated heterocycles. The molecular weight excluding hydrogens is 214 g/mol. The summed E-state index contributed by atoms with van der Waals surface area (Å²) in [5, 5.41) is 4.15. The Hall–Kier alpha value is -0.900. The predicted molar refractivity (Wildman–Crippen MR) is 64.4 cm³/mol. The van der Waals surface area contributed by atoms with Crippen LogP contribution in [0.2, 0.25) is 0 Å². The van der Waals surface area contributed by atoms with E-state index in [0.29, 0.717) is 11.8 Å². The summed E-state index contributed by atoms with van der Waals surface area (Å²) in [4.78, 5) is 4.55. The van der Waals surface area contributed by atoms with Gasteiger partial charge in [-0.1, -0.05) is 24.9 Å². The van der Waals surface area contributed by atoms with Gasteiger partial charge in [-0.3, -0.25) is 0 Å². The SMILES string of the molecule is CC1CCC(c2noc(C3(N)CCC3)n2)CC1. The van der Waals surface area contributed by atoms with Crippen LogP contribution < -0.4 is 5.73 Å². The van der Waals surface area contributed by atoms with Gasteiger partial charge in [0.25, 0.3) is 0 Å². The van der Waals surface area contributed by atoms with Crippen molar-refractivity contribution in [3.63, 3.8) is 0 Å². The van der Waals surface area contributed by atoms with Gasteiger partial charge in [0.2, 0.25) is 5.89 Å². The van der Waals surface area contributed by atoms with E-state index < -0.39 is 0 Å². The summed E-state index contributed by atoms with van der Waals surface area (Å²) in [6.07, 6.45) is 8.09. The highest BCUT2D eigenvalue weighted by atomic mass is 16.5. The van der Waals surface area contributed by atoms with Gasteiger partial charge in [0.1, 0.15) is 0 Å². The summed E-state index contributed by atoms with van der Waals surface area (Å²) in [6.45, 7) is 2.32. The Morgan fingerprint density at radius 3 is 2.53 bits per heavy atom. The Morgan fingerprint density at radius 1 is 1.24 bits per heavy atom. The first-order valence-corrected chi connectivity index (χ1v) is 6.80. The smallest absolute Gasteiger partial charge is 0.246 e. The number of nitrogens with zero attached hydrogens (tertiary/aromatic N) is 2. The molecule has 0 unspecified atom stereocenters. The van der Waals surface area contributed by atoms with Crippen molar-refractivity contribution < 1.29 is 4.52 Å². The molecule has 1 aromatic rings. The average molecular weight is 235 g/mol. The van der Waals surface area contributed by atoms with Crippen molar-refractivity contribution in [1.82, 2.24) is 10.1 Å². The van der Waals surface area contributed by atoms with E-state index >= 15 is 0 Å². The molecule has 0 spiro atoms. The molecule has 0 radical (unpaired) electrons. The van der Waals surface area contributed by atoms with Gasteiger partial charge in [-0.15, -0.1) is 0 Å². The molecule has 3 rings (SSSR count). The van der Waals surface area contributed by atoms with Crippen LogP contribution in [0.1, 0.15) is 69.5 Å². The van der Waals surface area contributed by atoms with Crippen molar-refractivity contribution in [3.05, 3.63) is 11.7 Å². The zero-order chi connectivity index (χ0) is 11.9. The number of rotatable bonds is 2. The summed E-state index contributed by atoms with van der Waals surface area (Å²) in [6, 6.07) is 0. The Morgan fingerprint density at radius 2 is 1.94 bits per heavy atom. The lowest BCUT2D eigenvalue weighted by molar-refractivity contribution is 0.181. The van der Waals surface area contributed by atoms with E-state index in [1.54, 1.807) is 0 Å². The van der Waals surface area contributed by atoms with Crippen LogP contribution in [0.3, 0.4) is 0 Å². The molecule has 2 saturated carbocycles. The number of aromatic nitrogens is 2. The molecule has 17 heavy (non-hydrogen) atoms. The summed E-state index contributed by atoms with van der Waals surface area (Å²) in [7, 11) is 0. The van der Waals surface area contributed by atoms with Crippen LogP contribution in [0, 0.1) is 5.92 Å². The minimum Gasteiger partial charge on any atom is -0.337 e. The topological polar surface area (TPSA) is 64.9 Å². The van der Waals surface area contributed by atoms with Crippen molar-refractivity contribution in [2.75, 3.05) is 0 Å². The quantitative estimate of drug-likeness (QED) is 0.856. The van der Waals surface area contributed by atoms with E-state index in [9.17, 15) is 0 Å². The number of hydrogen-bond donors (Lipinski definition) is 1. The van der Waals surface area contributed by atoms with Gasteiger partial charge in [0, 0.05) is 5.92 Å². The molecule has 0 bridgehead atoms. The van der Waals surface area contributed by atoms with Gasteiger partial charge in [-0.05, 0) is 38.0 Å². The molecule has 2 N–H and O–H groups in total. The lowest BCUT2D eigenvalue weighted by atomic mass is 9.77. The van der Waals surface area contributed by atoms with E-state index in [1.807, 2.05) is 0 Å². The maximum atomic E-state index is 6.19. The standard InChI is InChI=1S/C13H21N3O/c1-9-3-5-10(6-4-9)11-15-12(17-16-11)13(14)7-2-8-13/h9-10H,2-8,14H2,1H3. The Labute approximate surface area is 102 Å². The second-order valence-electron chi connectivity index (χ2n) is 5.92. The number of hydrogen-bond acceptors (Lipinski definition) is 4. The van der Waals surface area contributed by atoms with Crippen molar-refractivity contribution in [2.45, 2.75) is 63.3 Å². The lowest BCUT2D eigenvalue weighted by Crippen LogP contribution is -2.43. The fourth-order valence-electron chi connectivity index (χ4n) is 2.89. The second kappa shape index (κ2) is 4.09. The molecule has 0 atom stereocenters. The number of nitrogens with two attached hydrogens (primary N) is 1. The third-order valence-electron chi connectivity index (χ3n) is 4.49. The van der Waals surface area contributed by atoms with Gasteiger partial charge < -0.3 is 10.3 Å². The highest BCUT2D eigenvalue weighted by molar-refractivity contribution is 5.09. The van der Waals surface area contributed by atoms with Crippen LogP contribution in [-0.4, -0.2) is 10.1 Å². The zero-order valence-corrected chi connectivity index (χ0v) is 10.5. The fraction of sp³-hybridized carbons (Fsp3) is 0.846. The van der Waals surface area contributed by atoms with Crippen LogP contribution in [-0.2, 0) is 5.54 Å². The molecule has 1 aromatic heterocycles. The molecule has 2 aliphatic rings. The monoisotopic (exact) mass is 235 g/mol. The Balaban J connectivity index is 1.72. The van der Waals surface area contributed by atoms with E-state index in [1.165, 1.54) is 32.1 Å². The van der Waals surface area contributed by atoms with Crippen LogP contribution >= 0.6 is 0 Å². The van der Waals surface area contributed by atoms with Crippen molar-refractivity contribution >= 4 is 0 Å². The maximum Gasteiger partial charge on any atom is 0.246 e. The first kappa shape index (κ1) is 11.2. The van der Waals surface area contributed by atoms with E-state index in [-0.39, 0.29) is 5.54 Å². The summed E-state index contributed by atoms with van der Waals surface area (Å²) >= 11 is 0. The van der Waals surface area contributed by atoms with Crippen molar-refractivity contribution in [1.29, 1.82) is 0 Å². The highest BCUT2D eigenvalue weighted by Gasteiger charge is 2.40. The molecule has 4 heteroatoms. The minimum atomic E-state index is -0.312. The van der Waals surface area contributed by atoms with Gasteiger partial charge >= 0.3 is 0 Å². The maximum absolute atomic E-state index is 6.19. The van der Waals surface area contributed by atoms with Crippen molar-refractivity contribution in [2.24, 2.45) is 11.7 Å². The van der Waals surface area contributed by atoms with Crippen LogP contribution in [0.5, 0.6) is 0 Å². The summed E-state index contributed by atoms with van der Waals surface area (Å²) in [5.41, 5.74) is 5.88. The van der Waals surface area contributed by atoms with E-state index in [2.05, 4.69) is 17.1 Å². The first-order valence-electron chi connectivity index (χ1n) is 6.80. The van der Waals surface area contributed by atoms with Gasteiger partial charge in [0.05, 0.1) is 5.54 Å². The first-order chi connectivity index (χ1) is 8.17. The largest absolute Gasteiger partial charge is 0.337 e. The van der Waals surface area contributed by atoms with Gasteiger partial charge in [-0.2, -0.15) is 4.98 Å². The van der Waals surface area contributed by atoms with Crippen LogP contribution in [0.15, 0.2) is 4.52 Å². The van der Waals surface area contributed by atoms with E-state index in [0.717, 1.165) is 24.6 Å². The molecular formula is C13H21N3O. The molecule has 0 amide bonds. The minimum absolute atomic E-state index is 0.312. The average Bonchev–Trinajstić information content (AvgIpc) is 2.76.